The van der Waals surface area contributed by atoms with Gasteiger partial charge in [-0.15, -0.1) is 10.2 Å². The Kier molecular flexibility index (Phi) is 4.95. The van der Waals surface area contributed by atoms with Crippen LogP contribution in [0, 0.1) is 0 Å². The Morgan fingerprint density at radius 2 is 2.00 bits per heavy atom. The van der Waals surface area contributed by atoms with Crippen LogP contribution >= 0.6 is 0 Å². The first-order valence-corrected chi connectivity index (χ1v) is 9.36. The third kappa shape index (κ3) is 3.60. The third-order valence-corrected chi connectivity index (χ3v) is 5.07. The molecule has 8 nitrogen and oxygen atoms in total. The molecule has 0 saturated carbocycles. The molecule has 1 aliphatic heterocycles. The summed E-state index contributed by atoms with van der Waals surface area (Å²) >= 11 is 0. The molecule has 0 atom stereocenters. The Hall–Kier alpha value is -3.03. The van der Waals surface area contributed by atoms with Crippen LogP contribution < -0.4 is 0 Å². The summed E-state index contributed by atoms with van der Waals surface area (Å²) in [6.07, 6.45) is 7.12. The molecular weight excluding hydrogens is 342 g/mol. The lowest BCUT2D eigenvalue weighted by Gasteiger charge is -2.31. The minimum atomic E-state index is 0.00498. The fourth-order valence-corrected chi connectivity index (χ4v) is 3.64. The van der Waals surface area contributed by atoms with Crippen molar-refractivity contribution in [3.63, 3.8) is 0 Å². The van der Waals surface area contributed by atoms with Gasteiger partial charge in [-0.1, -0.05) is 6.07 Å². The summed E-state index contributed by atoms with van der Waals surface area (Å²) in [6, 6.07) is 7.34. The zero-order chi connectivity index (χ0) is 18.6. The van der Waals surface area contributed by atoms with Crippen molar-refractivity contribution in [2.75, 3.05) is 13.1 Å². The maximum Gasteiger partial charge on any atom is 0.272 e. The number of amides is 1. The van der Waals surface area contributed by atoms with E-state index in [2.05, 4.69) is 31.8 Å². The van der Waals surface area contributed by atoms with Gasteiger partial charge in [0.15, 0.2) is 5.82 Å². The zero-order valence-electron chi connectivity index (χ0n) is 15.4. The van der Waals surface area contributed by atoms with Crippen LogP contribution in [0.5, 0.6) is 0 Å². The van der Waals surface area contributed by atoms with E-state index >= 15 is 0 Å². The first-order valence-electron chi connectivity index (χ1n) is 9.36. The summed E-state index contributed by atoms with van der Waals surface area (Å²) in [7, 11) is 0. The Labute approximate surface area is 157 Å². The number of likely N-dealkylation sites (tertiary alicyclic amines) is 1. The second-order valence-electron chi connectivity index (χ2n) is 6.70. The molecule has 0 bridgehead atoms. The van der Waals surface area contributed by atoms with E-state index < -0.39 is 0 Å². The number of pyridine rings is 1. The van der Waals surface area contributed by atoms with Gasteiger partial charge in [0.05, 0.1) is 0 Å². The second-order valence-corrected chi connectivity index (χ2v) is 6.70. The first-order chi connectivity index (χ1) is 13.3. The van der Waals surface area contributed by atoms with Crippen molar-refractivity contribution in [2.24, 2.45) is 0 Å². The Balaban J connectivity index is 1.44. The van der Waals surface area contributed by atoms with E-state index in [0.29, 0.717) is 31.2 Å². The number of hydrogen-bond acceptors (Lipinski definition) is 5. The molecule has 0 unspecified atom stereocenters. The molecule has 27 heavy (non-hydrogen) atoms. The van der Waals surface area contributed by atoms with Crippen LogP contribution in [0.1, 0.15) is 47.8 Å². The van der Waals surface area contributed by atoms with Crippen molar-refractivity contribution in [3.05, 3.63) is 60.2 Å². The quantitative estimate of drug-likeness (QED) is 0.690. The fraction of sp³-hybridized carbons (Fsp3) is 0.421. The van der Waals surface area contributed by atoms with Crippen LogP contribution in [0.4, 0.5) is 0 Å². The number of aromatic nitrogens is 6. The van der Waals surface area contributed by atoms with E-state index in [0.717, 1.165) is 31.0 Å². The van der Waals surface area contributed by atoms with Gasteiger partial charge in [0.2, 0.25) is 0 Å². The van der Waals surface area contributed by atoms with Crippen molar-refractivity contribution in [3.8, 4) is 0 Å². The second kappa shape index (κ2) is 7.69. The van der Waals surface area contributed by atoms with Gasteiger partial charge in [-0.3, -0.25) is 14.5 Å². The van der Waals surface area contributed by atoms with E-state index in [-0.39, 0.29) is 5.91 Å². The number of rotatable bonds is 5. The molecule has 1 amide bonds. The van der Waals surface area contributed by atoms with Crippen molar-refractivity contribution < 1.29 is 4.79 Å². The molecule has 1 fully saturated rings. The molecule has 1 saturated heterocycles. The zero-order valence-corrected chi connectivity index (χ0v) is 15.4. The standard InChI is InChI=1S/C19H23N7O/c1-2-26-17(14-25-11-5-10-21-25)22-23-18(26)15-7-12-24(13-8-15)19(27)16-6-3-4-9-20-16/h3-6,9-11,15H,2,7-8,12-14H2,1H3. The largest absolute Gasteiger partial charge is 0.337 e. The van der Waals surface area contributed by atoms with Gasteiger partial charge >= 0.3 is 0 Å². The van der Waals surface area contributed by atoms with Gasteiger partial charge in [0.25, 0.3) is 5.91 Å². The van der Waals surface area contributed by atoms with Crippen molar-refractivity contribution >= 4 is 5.91 Å². The van der Waals surface area contributed by atoms with E-state index in [1.165, 1.54) is 0 Å². The molecule has 0 spiro atoms. The SMILES string of the molecule is CCn1c(Cn2cccn2)nnc1C1CCN(C(=O)c2ccccn2)CC1. The number of hydrogen-bond donors (Lipinski definition) is 0. The van der Waals surface area contributed by atoms with Gasteiger partial charge in [-0.25, -0.2) is 0 Å². The summed E-state index contributed by atoms with van der Waals surface area (Å²) in [4.78, 5) is 18.6. The molecule has 4 rings (SSSR count). The van der Waals surface area contributed by atoms with Crippen LogP contribution in [0.15, 0.2) is 42.9 Å². The lowest BCUT2D eigenvalue weighted by atomic mass is 9.95. The minimum absolute atomic E-state index is 0.00498. The number of nitrogens with zero attached hydrogens (tertiary/aromatic N) is 7. The highest BCUT2D eigenvalue weighted by atomic mass is 16.2. The third-order valence-electron chi connectivity index (χ3n) is 5.07. The molecule has 0 radical (unpaired) electrons. The molecule has 0 aromatic carbocycles. The van der Waals surface area contributed by atoms with Crippen LogP contribution in [-0.2, 0) is 13.1 Å². The molecule has 0 N–H and O–H groups in total. The molecule has 140 valence electrons. The molecule has 3 aromatic rings. The number of carbonyl (C=O) groups excluding carboxylic acids is 1. The smallest absolute Gasteiger partial charge is 0.272 e. The molecular formula is C19H23N7O. The van der Waals surface area contributed by atoms with Crippen LogP contribution in [-0.4, -0.2) is 53.4 Å². The summed E-state index contributed by atoms with van der Waals surface area (Å²) in [5, 5.41) is 13.1. The highest BCUT2D eigenvalue weighted by Crippen LogP contribution is 2.28. The van der Waals surface area contributed by atoms with Gasteiger partial charge in [-0.05, 0) is 38.0 Å². The molecule has 0 aliphatic carbocycles. The predicted molar refractivity (Wildman–Crippen MR) is 99.1 cm³/mol. The first kappa shape index (κ1) is 17.4. The van der Waals surface area contributed by atoms with Gasteiger partial charge < -0.3 is 9.47 Å². The van der Waals surface area contributed by atoms with Crippen molar-refractivity contribution in [1.82, 2.24) is 34.4 Å². The maximum absolute atomic E-state index is 12.6. The summed E-state index contributed by atoms with van der Waals surface area (Å²) in [5.74, 6) is 2.26. The summed E-state index contributed by atoms with van der Waals surface area (Å²) in [5.41, 5.74) is 0.509. The fourth-order valence-electron chi connectivity index (χ4n) is 3.64. The Bertz CT molecular complexity index is 880. The molecule has 3 aromatic heterocycles. The molecule has 8 heteroatoms. The lowest BCUT2D eigenvalue weighted by Crippen LogP contribution is -2.38. The van der Waals surface area contributed by atoms with Crippen LogP contribution in [0.3, 0.4) is 0 Å². The van der Waals surface area contributed by atoms with Crippen molar-refractivity contribution in [1.29, 1.82) is 0 Å². The highest BCUT2D eigenvalue weighted by Gasteiger charge is 2.28. The van der Waals surface area contributed by atoms with Gasteiger partial charge in [0.1, 0.15) is 18.1 Å². The van der Waals surface area contributed by atoms with Gasteiger partial charge in [-0.2, -0.15) is 5.10 Å². The van der Waals surface area contributed by atoms with Gasteiger partial charge in [0, 0.05) is 44.1 Å². The van der Waals surface area contributed by atoms with Crippen LogP contribution in [0.2, 0.25) is 0 Å². The lowest BCUT2D eigenvalue weighted by molar-refractivity contribution is 0.0704. The molecule has 4 heterocycles. The average molecular weight is 365 g/mol. The number of piperidine rings is 1. The predicted octanol–water partition coefficient (Wildman–Crippen LogP) is 1.96. The Morgan fingerprint density at radius 1 is 1.15 bits per heavy atom. The van der Waals surface area contributed by atoms with E-state index in [9.17, 15) is 4.79 Å². The average Bonchev–Trinajstić information content (AvgIpc) is 3.38. The number of carbonyl (C=O) groups is 1. The molecule has 1 aliphatic rings. The minimum Gasteiger partial charge on any atom is -0.337 e. The highest BCUT2D eigenvalue weighted by molar-refractivity contribution is 5.92. The maximum atomic E-state index is 12.6. The van der Waals surface area contributed by atoms with E-state index in [4.69, 9.17) is 0 Å². The Morgan fingerprint density at radius 3 is 2.67 bits per heavy atom. The summed E-state index contributed by atoms with van der Waals surface area (Å²) in [6.45, 7) is 4.98. The van der Waals surface area contributed by atoms with E-state index in [1.807, 2.05) is 34.0 Å². The summed E-state index contributed by atoms with van der Waals surface area (Å²) < 4.78 is 4.04. The normalized spacial score (nSPS) is 15.2. The van der Waals surface area contributed by atoms with Crippen LogP contribution in [0.25, 0.3) is 0 Å². The van der Waals surface area contributed by atoms with E-state index in [1.54, 1.807) is 18.5 Å². The topological polar surface area (TPSA) is 81.7 Å². The van der Waals surface area contributed by atoms with Crippen molar-refractivity contribution in [2.45, 2.75) is 38.8 Å². The monoisotopic (exact) mass is 365 g/mol.